The molecule has 1 radical (unpaired) electrons. The van der Waals surface area contributed by atoms with Gasteiger partial charge in [0.2, 0.25) is 5.95 Å². The third-order valence-electron chi connectivity index (χ3n) is 3.99. The molecule has 0 unspecified atom stereocenters. The Bertz CT molecular complexity index is 954. The van der Waals surface area contributed by atoms with Crippen LogP contribution in [-0.4, -0.2) is 24.3 Å². The second-order valence-corrected chi connectivity index (χ2v) is 5.65. The molecule has 0 aliphatic heterocycles. The summed E-state index contributed by atoms with van der Waals surface area (Å²) < 4.78 is 3.93. The molecule has 0 N–H and O–H groups in total. The molecule has 4 aromatic rings. The number of rotatable bonds is 3. The Kier molecular flexibility index (Phi) is 4.93. The molecule has 2 aromatic carbocycles. The second-order valence-electron chi connectivity index (χ2n) is 5.65. The maximum absolute atomic E-state index is 4.43. The van der Waals surface area contributed by atoms with E-state index in [1.165, 1.54) is 0 Å². The fraction of sp³-hybridized carbons (Fsp3) is 0.105. The van der Waals surface area contributed by atoms with Crippen LogP contribution in [0.1, 0.15) is 11.1 Å². The van der Waals surface area contributed by atoms with Gasteiger partial charge in [-0.3, -0.25) is 4.57 Å². The van der Waals surface area contributed by atoms with E-state index in [-0.39, 0.29) is 20.1 Å². The van der Waals surface area contributed by atoms with E-state index < -0.39 is 0 Å². The van der Waals surface area contributed by atoms with E-state index >= 15 is 0 Å². The van der Waals surface area contributed by atoms with E-state index in [1.54, 1.807) is 12.5 Å². The van der Waals surface area contributed by atoms with E-state index in [0.29, 0.717) is 5.95 Å². The van der Waals surface area contributed by atoms with Gasteiger partial charge in [-0.25, -0.2) is 4.98 Å². The predicted molar refractivity (Wildman–Crippen MR) is 92.2 cm³/mol. The SMILES string of the molecule is Cc1cccc(C)c1-n1c(-c2[c-]cccc2)nnc1-n1ccnc1.[Ir]. The van der Waals surface area contributed by atoms with E-state index in [4.69, 9.17) is 0 Å². The van der Waals surface area contributed by atoms with Gasteiger partial charge in [0.25, 0.3) is 0 Å². The van der Waals surface area contributed by atoms with Gasteiger partial charge < -0.3 is 4.57 Å². The van der Waals surface area contributed by atoms with Crippen LogP contribution in [0.5, 0.6) is 0 Å². The first-order valence-electron chi connectivity index (χ1n) is 7.73. The summed E-state index contributed by atoms with van der Waals surface area (Å²) in [5.74, 6) is 1.47. The number of imidazole rings is 1. The molecule has 0 saturated carbocycles. The summed E-state index contributed by atoms with van der Waals surface area (Å²) in [6, 6.07) is 17.3. The summed E-state index contributed by atoms with van der Waals surface area (Å²) in [4.78, 5) is 4.13. The molecule has 4 rings (SSSR count). The van der Waals surface area contributed by atoms with Gasteiger partial charge in [0.1, 0.15) is 6.33 Å². The minimum Gasteiger partial charge on any atom is -0.301 e. The molecular weight excluding hydrogens is 490 g/mol. The van der Waals surface area contributed by atoms with Crippen molar-refractivity contribution in [1.82, 2.24) is 24.3 Å². The van der Waals surface area contributed by atoms with Gasteiger partial charge in [0.15, 0.2) is 0 Å². The second kappa shape index (κ2) is 7.13. The van der Waals surface area contributed by atoms with Crippen LogP contribution < -0.4 is 0 Å². The number of benzene rings is 2. The van der Waals surface area contributed by atoms with Crippen LogP contribution in [0.4, 0.5) is 0 Å². The third kappa shape index (κ3) is 3.06. The zero-order valence-corrected chi connectivity index (χ0v) is 16.2. The van der Waals surface area contributed by atoms with Crippen LogP contribution >= 0.6 is 0 Å². The number of aromatic nitrogens is 5. The van der Waals surface area contributed by atoms with Gasteiger partial charge in [-0.2, -0.15) is 5.10 Å². The van der Waals surface area contributed by atoms with E-state index in [1.807, 2.05) is 35.0 Å². The Balaban J connectivity index is 0.00000182. The Hall–Kier alpha value is -2.56. The Morgan fingerprint density at radius 2 is 1.76 bits per heavy atom. The molecule has 0 atom stereocenters. The van der Waals surface area contributed by atoms with Gasteiger partial charge in [-0.15, -0.1) is 41.0 Å². The molecule has 0 fully saturated rings. The van der Waals surface area contributed by atoms with E-state index in [0.717, 1.165) is 28.2 Å². The first-order chi connectivity index (χ1) is 11.8. The molecule has 2 heterocycles. The Morgan fingerprint density at radius 1 is 0.960 bits per heavy atom. The maximum Gasteiger partial charge on any atom is 0.232 e. The van der Waals surface area contributed by atoms with Crippen LogP contribution in [0.15, 0.2) is 61.2 Å². The van der Waals surface area contributed by atoms with Crippen molar-refractivity contribution in [2.45, 2.75) is 13.8 Å². The molecule has 127 valence electrons. The van der Waals surface area contributed by atoms with Gasteiger partial charge >= 0.3 is 0 Å². The van der Waals surface area contributed by atoms with Crippen LogP contribution in [0.25, 0.3) is 23.0 Å². The molecule has 0 bridgehead atoms. The van der Waals surface area contributed by atoms with Crippen molar-refractivity contribution in [3.8, 4) is 23.0 Å². The molecular formula is C19H16IrN5-. The monoisotopic (exact) mass is 507 g/mol. The summed E-state index contributed by atoms with van der Waals surface area (Å²) in [5, 5.41) is 8.84. The normalized spacial score (nSPS) is 10.5. The Labute approximate surface area is 159 Å². The van der Waals surface area contributed by atoms with Gasteiger partial charge in [0.05, 0.1) is 5.82 Å². The van der Waals surface area contributed by atoms with Crippen molar-refractivity contribution in [2.75, 3.05) is 0 Å². The van der Waals surface area contributed by atoms with Crippen molar-refractivity contribution in [2.24, 2.45) is 0 Å². The summed E-state index contributed by atoms with van der Waals surface area (Å²) in [7, 11) is 0. The first kappa shape index (κ1) is 17.3. The molecule has 6 heteroatoms. The van der Waals surface area contributed by atoms with Crippen LogP contribution in [-0.2, 0) is 20.1 Å². The quantitative estimate of drug-likeness (QED) is 0.400. The standard InChI is InChI=1S/C19H16N5.Ir/c1-14-7-6-8-15(2)17(14)24-18(16-9-4-3-5-10-16)21-22-19(24)23-12-11-20-13-23;/h3-9,11-13H,1-2H3;/q-1;. The summed E-state index contributed by atoms with van der Waals surface area (Å²) in [6.07, 6.45) is 5.33. The number of para-hydroxylation sites is 1. The number of hydrogen-bond acceptors (Lipinski definition) is 3. The van der Waals surface area contributed by atoms with Crippen molar-refractivity contribution in [1.29, 1.82) is 0 Å². The number of aryl methyl sites for hydroxylation is 2. The molecule has 0 aliphatic rings. The number of hydrogen-bond donors (Lipinski definition) is 0. The minimum absolute atomic E-state index is 0. The van der Waals surface area contributed by atoms with Crippen molar-refractivity contribution in [3.05, 3.63) is 78.4 Å². The van der Waals surface area contributed by atoms with Crippen molar-refractivity contribution >= 4 is 0 Å². The third-order valence-corrected chi connectivity index (χ3v) is 3.99. The van der Waals surface area contributed by atoms with Crippen molar-refractivity contribution < 1.29 is 20.1 Å². The molecule has 5 nitrogen and oxygen atoms in total. The molecule has 25 heavy (non-hydrogen) atoms. The summed E-state index contributed by atoms with van der Waals surface area (Å²) in [6.45, 7) is 4.19. The van der Waals surface area contributed by atoms with Crippen LogP contribution in [0.2, 0.25) is 0 Å². The largest absolute Gasteiger partial charge is 0.301 e. The molecule has 0 aliphatic carbocycles. The zero-order chi connectivity index (χ0) is 16.5. The topological polar surface area (TPSA) is 48.5 Å². The molecule has 0 saturated heterocycles. The van der Waals surface area contributed by atoms with Crippen LogP contribution in [0, 0.1) is 19.9 Å². The zero-order valence-electron chi connectivity index (χ0n) is 13.8. The van der Waals surface area contributed by atoms with Crippen molar-refractivity contribution in [3.63, 3.8) is 0 Å². The minimum atomic E-state index is 0. The molecule has 0 amide bonds. The maximum atomic E-state index is 4.43. The molecule has 0 spiro atoms. The summed E-state index contributed by atoms with van der Waals surface area (Å²) >= 11 is 0. The van der Waals surface area contributed by atoms with Gasteiger partial charge in [-0.1, -0.05) is 18.2 Å². The number of nitrogens with zero attached hydrogens (tertiary/aromatic N) is 5. The molecule has 2 aromatic heterocycles. The Morgan fingerprint density at radius 3 is 2.40 bits per heavy atom. The summed E-state index contributed by atoms with van der Waals surface area (Å²) in [5.41, 5.74) is 4.30. The van der Waals surface area contributed by atoms with Gasteiger partial charge in [0, 0.05) is 38.2 Å². The average molecular weight is 507 g/mol. The van der Waals surface area contributed by atoms with E-state index in [2.05, 4.69) is 57.9 Å². The fourth-order valence-corrected chi connectivity index (χ4v) is 2.89. The van der Waals surface area contributed by atoms with E-state index in [9.17, 15) is 0 Å². The van der Waals surface area contributed by atoms with Crippen LogP contribution in [0.3, 0.4) is 0 Å². The first-order valence-corrected chi connectivity index (χ1v) is 7.73. The smallest absolute Gasteiger partial charge is 0.232 e. The fourth-order valence-electron chi connectivity index (χ4n) is 2.89. The van der Waals surface area contributed by atoms with Gasteiger partial charge in [-0.05, 0) is 25.0 Å². The predicted octanol–water partition coefficient (Wildman–Crippen LogP) is 3.53. The average Bonchev–Trinajstić information content (AvgIpc) is 3.25.